The third-order valence-electron chi connectivity index (χ3n) is 4.69. The number of sulfonamides is 1. The van der Waals surface area contributed by atoms with Gasteiger partial charge in [-0.25, -0.2) is 22.5 Å². The summed E-state index contributed by atoms with van der Waals surface area (Å²) in [5, 5.41) is 10.8. The standard InChI is InChI=1S/C18H22FN5O3S/c1-2-28(26,27)24-9-3-4-14(12-24)18(25)23-21-11-15-10-20-22-17(15)13-5-7-16(19)8-6-13/h5-8,10-11,14H,2-4,9,12H2,1H3,(H,20,22)(H,23,25). The molecule has 2 aromatic rings. The number of nitrogens with zero attached hydrogens (tertiary/aromatic N) is 3. The molecule has 1 atom stereocenters. The third kappa shape index (κ3) is 4.63. The van der Waals surface area contributed by atoms with Crippen molar-refractivity contribution in [2.24, 2.45) is 11.0 Å². The molecule has 150 valence electrons. The zero-order valence-corrected chi connectivity index (χ0v) is 16.2. The second-order valence-electron chi connectivity index (χ2n) is 6.54. The fourth-order valence-electron chi connectivity index (χ4n) is 3.09. The molecule has 0 spiro atoms. The van der Waals surface area contributed by atoms with Gasteiger partial charge >= 0.3 is 0 Å². The van der Waals surface area contributed by atoms with Crippen molar-refractivity contribution in [1.29, 1.82) is 0 Å². The lowest BCUT2D eigenvalue weighted by Gasteiger charge is -2.30. The molecule has 8 nitrogen and oxygen atoms in total. The molecule has 0 bridgehead atoms. The maximum absolute atomic E-state index is 13.1. The Kier molecular flexibility index (Phi) is 6.20. The van der Waals surface area contributed by atoms with Crippen LogP contribution in [0.1, 0.15) is 25.3 Å². The lowest BCUT2D eigenvalue weighted by Crippen LogP contribution is -2.45. The quantitative estimate of drug-likeness (QED) is 0.562. The Bertz CT molecular complexity index is 956. The van der Waals surface area contributed by atoms with Crippen LogP contribution in [0.5, 0.6) is 0 Å². The summed E-state index contributed by atoms with van der Waals surface area (Å²) in [5.41, 5.74) is 4.49. The first kappa shape index (κ1) is 20.2. The highest BCUT2D eigenvalue weighted by molar-refractivity contribution is 7.89. The zero-order valence-electron chi connectivity index (χ0n) is 15.4. The summed E-state index contributed by atoms with van der Waals surface area (Å²) in [6, 6.07) is 5.92. The number of piperidine rings is 1. The van der Waals surface area contributed by atoms with E-state index >= 15 is 0 Å². The summed E-state index contributed by atoms with van der Waals surface area (Å²) >= 11 is 0. The van der Waals surface area contributed by atoms with E-state index in [1.54, 1.807) is 25.3 Å². The van der Waals surface area contributed by atoms with E-state index in [9.17, 15) is 17.6 Å². The van der Waals surface area contributed by atoms with E-state index in [-0.39, 0.29) is 24.0 Å². The number of rotatable bonds is 6. The minimum atomic E-state index is -3.31. The molecule has 2 N–H and O–H groups in total. The summed E-state index contributed by atoms with van der Waals surface area (Å²) in [4.78, 5) is 12.4. The van der Waals surface area contributed by atoms with E-state index in [0.717, 1.165) is 5.56 Å². The van der Waals surface area contributed by atoms with Gasteiger partial charge in [0.15, 0.2) is 0 Å². The van der Waals surface area contributed by atoms with Crippen molar-refractivity contribution in [3.8, 4) is 11.3 Å². The Labute approximate surface area is 162 Å². The molecule has 1 unspecified atom stereocenters. The van der Waals surface area contributed by atoms with E-state index < -0.39 is 15.9 Å². The Hall–Kier alpha value is -2.59. The fraction of sp³-hybridized carbons (Fsp3) is 0.389. The van der Waals surface area contributed by atoms with Gasteiger partial charge in [-0.1, -0.05) is 0 Å². The van der Waals surface area contributed by atoms with E-state index in [4.69, 9.17) is 0 Å². The van der Waals surface area contributed by atoms with Gasteiger partial charge in [-0.15, -0.1) is 0 Å². The number of nitrogens with one attached hydrogen (secondary N) is 2. The van der Waals surface area contributed by atoms with Gasteiger partial charge in [0.05, 0.1) is 29.8 Å². The summed E-state index contributed by atoms with van der Waals surface area (Å²) in [5.74, 6) is -1.07. The van der Waals surface area contributed by atoms with Crippen LogP contribution >= 0.6 is 0 Å². The number of hydrogen-bond acceptors (Lipinski definition) is 5. The molecular formula is C18H22FN5O3S. The Morgan fingerprint density at radius 1 is 1.43 bits per heavy atom. The average Bonchev–Trinajstić information content (AvgIpc) is 3.17. The van der Waals surface area contributed by atoms with Crippen LogP contribution in [0.15, 0.2) is 35.6 Å². The van der Waals surface area contributed by atoms with Gasteiger partial charge in [0.2, 0.25) is 15.9 Å². The first-order valence-electron chi connectivity index (χ1n) is 9.00. The molecular weight excluding hydrogens is 385 g/mol. The van der Waals surface area contributed by atoms with Gasteiger partial charge in [0.1, 0.15) is 5.82 Å². The number of aromatic amines is 1. The summed E-state index contributed by atoms with van der Waals surface area (Å²) in [6.07, 6.45) is 4.25. The van der Waals surface area contributed by atoms with Gasteiger partial charge in [-0.05, 0) is 44.0 Å². The molecule has 1 aliphatic rings. The molecule has 1 aromatic heterocycles. The van der Waals surface area contributed by atoms with Gasteiger partial charge in [-0.2, -0.15) is 10.2 Å². The van der Waals surface area contributed by atoms with Gasteiger partial charge in [-0.3, -0.25) is 9.89 Å². The number of aromatic nitrogens is 2. The fourth-order valence-corrected chi connectivity index (χ4v) is 4.27. The minimum Gasteiger partial charge on any atom is -0.277 e. The van der Waals surface area contributed by atoms with Crippen molar-refractivity contribution in [2.45, 2.75) is 19.8 Å². The maximum atomic E-state index is 13.1. The molecule has 10 heteroatoms. The van der Waals surface area contributed by atoms with Crippen LogP contribution in [-0.4, -0.2) is 53.9 Å². The molecule has 0 radical (unpaired) electrons. The smallest absolute Gasteiger partial charge is 0.244 e. The molecule has 2 heterocycles. The van der Waals surface area contributed by atoms with Crippen LogP contribution in [0.2, 0.25) is 0 Å². The van der Waals surface area contributed by atoms with Crippen LogP contribution in [0.4, 0.5) is 4.39 Å². The predicted octanol–water partition coefficient (Wildman–Crippen LogP) is 1.73. The molecule has 28 heavy (non-hydrogen) atoms. The van der Waals surface area contributed by atoms with Crippen LogP contribution in [0.3, 0.4) is 0 Å². The van der Waals surface area contributed by atoms with Gasteiger partial charge in [0, 0.05) is 24.2 Å². The van der Waals surface area contributed by atoms with Gasteiger partial charge < -0.3 is 0 Å². The first-order valence-corrected chi connectivity index (χ1v) is 10.6. The first-order chi connectivity index (χ1) is 13.4. The topological polar surface area (TPSA) is 108 Å². The molecule has 1 aliphatic heterocycles. The molecule has 1 aromatic carbocycles. The highest BCUT2D eigenvalue weighted by atomic mass is 32.2. The van der Waals surface area contributed by atoms with Crippen molar-refractivity contribution in [3.63, 3.8) is 0 Å². The number of benzene rings is 1. The molecule has 1 amide bonds. The third-order valence-corrected chi connectivity index (χ3v) is 6.54. The number of hydrazone groups is 1. The van der Waals surface area contributed by atoms with Crippen LogP contribution in [0, 0.1) is 11.7 Å². The largest absolute Gasteiger partial charge is 0.277 e. The molecule has 3 rings (SSSR count). The number of carbonyl (C=O) groups is 1. The van der Waals surface area contributed by atoms with Crippen LogP contribution in [0.25, 0.3) is 11.3 Å². The summed E-state index contributed by atoms with van der Waals surface area (Å²) < 4.78 is 38.5. The van der Waals surface area contributed by atoms with Crippen LogP contribution < -0.4 is 5.43 Å². The lowest BCUT2D eigenvalue weighted by molar-refractivity contribution is -0.126. The average molecular weight is 407 g/mol. The van der Waals surface area contributed by atoms with E-state index in [1.165, 1.54) is 22.7 Å². The van der Waals surface area contributed by atoms with Crippen molar-refractivity contribution in [2.75, 3.05) is 18.8 Å². The number of carbonyl (C=O) groups excluding carboxylic acids is 1. The van der Waals surface area contributed by atoms with E-state index in [1.807, 2.05) is 0 Å². The second-order valence-corrected chi connectivity index (χ2v) is 8.80. The minimum absolute atomic E-state index is 0.0200. The lowest BCUT2D eigenvalue weighted by atomic mass is 9.99. The molecule has 1 saturated heterocycles. The summed E-state index contributed by atoms with van der Waals surface area (Å²) in [7, 11) is -3.31. The molecule has 1 fully saturated rings. The molecule has 0 saturated carbocycles. The number of H-pyrrole nitrogens is 1. The SMILES string of the molecule is CCS(=O)(=O)N1CCCC(C(=O)NN=Cc2cn[nH]c2-c2ccc(F)cc2)C1. The Morgan fingerprint density at radius 3 is 2.89 bits per heavy atom. The van der Waals surface area contributed by atoms with Gasteiger partial charge in [0.25, 0.3) is 0 Å². The predicted molar refractivity (Wildman–Crippen MR) is 103 cm³/mol. The van der Waals surface area contributed by atoms with Crippen molar-refractivity contribution < 1.29 is 17.6 Å². The highest BCUT2D eigenvalue weighted by Crippen LogP contribution is 2.21. The monoisotopic (exact) mass is 407 g/mol. The number of halogens is 1. The highest BCUT2D eigenvalue weighted by Gasteiger charge is 2.31. The van der Waals surface area contributed by atoms with Crippen LogP contribution in [-0.2, 0) is 14.8 Å². The van der Waals surface area contributed by atoms with Crippen molar-refractivity contribution in [1.82, 2.24) is 19.9 Å². The Balaban J connectivity index is 1.63. The zero-order chi connectivity index (χ0) is 20.1. The van der Waals surface area contributed by atoms with E-state index in [2.05, 4.69) is 20.7 Å². The molecule has 0 aliphatic carbocycles. The van der Waals surface area contributed by atoms with Crippen molar-refractivity contribution in [3.05, 3.63) is 41.8 Å². The van der Waals surface area contributed by atoms with E-state index in [0.29, 0.717) is 30.6 Å². The normalized spacial score (nSPS) is 18.4. The second kappa shape index (κ2) is 8.61. The maximum Gasteiger partial charge on any atom is 0.244 e. The summed E-state index contributed by atoms with van der Waals surface area (Å²) in [6.45, 7) is 2.20. The number of hydrogen-bond donors (Lipinski definition) is 2. The van der Waals surface area contributed by atoms with Crippen molar-refractivity contribution >= 4 is 22.1 Å². The number of amides is 1. The Morgan fingerprint density at radius 2 is 2.18 bits per heavy atom.